The number of benzene rings is 3. The van der Waals surface area contributed by atoms with Gasteiger partial charge >= 0.3 is 0 Å². The molecule has 0 fully saturated rings. The fraction of sp³-hybridized carbons (Fsp3) is 0.100. The maximum absolute atomic E-state index is 12.3. The molecule has 0 aromatic heterocycles. The molecule has 7 heteroatoms. The van der Waals surface area contributed by atoms with E-state index in [2.05, 4.69) is 10.5 Å². The van der Waals surface area contributed by atoms with Crippen LogP contribution in [0.15, 0.2) is 65.8 Å². The molecular weight excluding hydrogens is 346 g/mol. The minimum absolute atomic E-state index is 0.0531. The van der Waals surface area contributed by atoms with E-state index in [4.69, 9.17) is 4.74 Å². The number of ether oxygens (including phenoxy) is 1. The van der Waals surface area contributed by atoms with E-state index in [1.807, 2.05) is 43.3 Å². The number of para-hydroxylation sites is 1. The van der Waals surface area contributed by atoms with Gasteiger partial charge in [0.1, 0.15) is 11.3 Å². The summed E-state index contributed by atoms with van der Waals surface area (Å²) in [7, 11) is 0. The number of hydrogen-bond acceptors (Lipinski definition) is 5. The van der Waals surface area contributed by atoms with Gasteiger partial charge in [0.2, 0.25) is 0 Å². The molecule has 0 radical (unpaired) electrons. The van der Waals surface area contributed by atoms with Crippen LogP contribution >= 0.6 is 0 Å². The predicted molar refractivity (Wildman–Crippen MR) is 103 cm³/mol. The Balaban J connectivity index is 1.89. The van der Waals surface area contributed by atoms with Crippen molar-refractivity contribution in [3.8, 4) is 5.75 Å². The van der Waals surface area contributed by atoms with Crippen LogP contribution in [0.5, 0.6) is 5.75 Å². The SMILES string of the molecule is CCOc1ccc2ccccc2c1/C=N\NC(=O)c1ccccc1[N+](=O)[O-]. The lowest BCUT2D eigenvalue weighted by Crippen LogP contribution is -2.19. The fourth-order valence-corrected chi connectivity index (χ4v) is 2.73. The van der Waals surface area contributed by atoms with E-state index < -0.39 is 10.8 Å². The zero-order valence-electron chi connectivity index (χ0n) is 14.6. The average Bonchev–Trinajstić information content (AvgIpc) is 2.69. The van der Waals surface area contributed by atoms with E-state index >= 15 is 0 Å². The Morgan fingerprint density at radius 1 is 1.15 bits per heavy atom. The van der Waals surface area contributed by atoms with Crippen LogP contribution < -0.4 is 10.2 Å². The number of fused-ring (bicyclic) bond motifs is 1. The van der Waals surface area contributed by atoms with E-state index in [0.29, 0.717) is 12.4 Å². The summed E-state index contributed by atoms with van der Waals surface area (Å²) in [6.07, 6.45) is 1.49. The molecule has 1 N–H and O–H groups in total. The Bertz CT molecular complexity index is 1030. The number of nitro groups is 1. The third kappa shape index (κ3) is 3.92. The first kappa shape index (κ1) is 18.1. The molecule has 136 valence electrons. The molecule has 0 aliphatic heterocycles. The normalized spacial score (nSPS) is 10.9. The highest BCUT2D eigenvalue weighted by Crippen LogP contribution is 2.26. The minimum Gasteiger partial charge on any atom is -0.493 e. The Labute approximate surface area is 155 Å². The van der Waals surface area contributed by atoms with Crippen LogP contribution in [0.4, 0.5) is 5.69 Å². The van der Waals surface area contributed by atoms with Gasteiger partial charge in [-0.1, -0.05) is 42.5 Å². The fourth-order valence-electron chi connectivity index (χ4n) is 2.73. The lowest BCUT2D eigenvalue weighted by Gasteiger charge is -2.10. The second-order valence-electron chi connectivity index (χ2n) is 5.60. The molecule has 3 aromatic rings. The van der Waals surface area contributed by atoms with Gasteiger partial charge in [-0.3, -0.25) is 14.9 Å². The highest BCUT2D eigenvalue weighted by atomic mass is 16.6. The van der Waals surface area contributed by atoms with Gasteiger partial charge in [-0.25, -0.2) is 5.43 Å². The largest absolute Gasteiger partial charge is 0.493 e. The Kier molecular flexibility index (Phi) is 5.41. The number of carbonyl (C=O) groups is 1. The lowest BCUT2D eigenvalue weighted by atomic mass is 10.0. The number of nitrogens with one attached hydrogen (secondary N) is 1. The van der Waals surface area contributed by atoms with Gasteiger partial charge < -0.3 is 4.74 Å². The van der Waals surface area contributed by atoms with Crippen molar-refractivity contribution in [1.29, 1.82) is 0 Å². The van der Waals surface area contributed by atoms with E-state index in [9.17, 15) is 14.9 Å². The van der Waals surface area contributed by atoms with Crippen LogP contribution in [0, 0.1) is 10.1 Å². The summed E-state index contributed by atoms with van der Waals surface area (Å²) in [5.41, 5.74) is 2.74. The van der Waals surface area contributed by atoms with Gasteiger partial charge in [0.15, 0.2) is 0 Å². The number of hydrazone groups is 1. The number of nitro benzene ring substituents is 1. The maximum atomic E-state index is 12.3. The number of hydrogen-bond donors (Lipinski definition) is 1. The van der Waals surface area contributed by atoms with Gasteiger partial charge in [-0.05, 0) is 29.8 Å². The summed E-state index contributed by atoms with van der Waals surface area (Å²) in [6, 6.07) is 17.2. The summed E-state index contributed by atoms with van der Waals surface area (Å²) in [6.45, 7) is 2.37. The second kappa shape index (κ2) is 8.09. The van der Waals surface area contributed by atoms with Crippen LogP contribution in [0.2, 0.25) is 0 Å². The summed E-state index contributed by atoms with van der Waals surface area (Å²) in [5.74, 6) is -0.0170. The molecule has 0 atom stereocenters. The molecule has 0 saturated heterocycles. The Morgan fingerprint density at radius 3 is 2.67 bits per heavy atom. The summed E-state index contributed by atoms with van der Waals surface area (Å²) >= 11 is 0. The van der Waals surface area contributed by atoms with Gasteiger partial charge in [-0.2, -0.15) is 5.10 Å². The van der Waals surface area contributed by atoms with Crippen LogP contribution in [-0.4, -0.2) is 23.7 Å². The van der Waals surface area contributed by atoms with Gasteiger partial charge in [0, 0.05) is 11.6 Å². The zero-order chi connectivity index (χ0) is 19.2. The van der Waals surface area contributed by atoms with E-state index in [1.165, 1.54) is 24.4 Å². The standard InChI is InChI=1S/C20H17N3O4/c1-2-27-19-12-11-14-7-3-4-8-15(14)17(19)13-21-22-20(24)16-9-5-6-10-18(16)23(25)26/h3-13H,2H2,1H3,(H,22,24)/b21-13-. The quantitative estimate of drug-likeness (QED) is 0.408. The minimum atomic E-state index is -0.656. The van der Waals surface area contributed by atoms with Crippen molar-refractivity contribution >= 4 is 28.6 Å². The molecule has 27 heavy (non-hydrogen) atoms. The van der Waals surface area contributed by atoms with E-state index in [1.54, 1.807) is 6.07 Å². The monoisotopic (exact) mass is 363 g/mol. The molecule has 1 amide bonds. The third-order valence-electron chi connectivity index (χ3n) is 3.94. The zero-order valence-corrected chi connectivity index (χ0v) is 14.6. The number of amides is 1. The summed E-state index contributed by atoms with van der Waals surface area (Å²) in [5, 5.41) is 17.0. The smallest absolute Gasteiger partial charge is 0.282 e. The number of carbonyl (C=O) groups excluding carboxylic acids is 1. The van der Waals surface area contributed by atoms with E-state index in [-0.39, 0.29) is 11.3 Å². The first-order chi connectivity index (χ1) is 13.1. The van der Waals surface area contributed by atoms with Crippen molar-refractivity contribution in [2.24, 2.45) is 5.10 Å². The maximum Gasteiger partial charge on any atom is 0.282 e. The highest BCUT2D eigenvalue weighted by molar-refractivity contribution is 6.03. The van der Waals surface area contributed by atoms with Crippen LogP contribution in [0.3, 0.4) is 0 Å². The van der Waals surface area contributed by atoms with Crippen LogP contribution in [0.1, 0.15) is 22.8 Å². The number of nitrogens with zero attached hydrogens (tertiary/aromatic N) is 2. The Morgan fingerprint density at radius 2 is 1.89 bits per heavy atom. The van der Waals surface area contributed by atoms with Crippen LogP contribution in [-0.2, 0) is 0 Å². The lowest BCUT2D eigenvalue weighted by molar-refractivity contribution is -0.385. The summed E-state index contributed by atoms with van der Waals surface area (Å²) < 4.78 is 5.64. The second-order valence-corrected chi connectivity index (χ2v) is 5.60. The first-order valence-corrected chi connectivity index (χ1v) is 8.33. The van der Waals surface area contributed by atoms with Crippen molar-refractivity contribution in [2.45, 2.75) is 6.92 Å². The van der Waals surface area contributed by atoms with Gasteiger partial charge in [-0.15, -0.1) is 0 Å². The molecule has 7 nitrogen and oxygen atoms in total. The molecule has 0 saturated carbocycles. The van der Waals surface area contributed by atoms with Crippen molar-refractivity contribution in [3.05, 3.63) is 81.9 Å². The summed E-state index contributed by atoms with van der Waals surface area (Å²) in [4.78, 5) is 22.7. The molecule has 0 heterocycles. The predicted octanol–water partition coefficient (Wildman–Crippen LogP) is 3.91. The molecule has 0 bridgehead atoms. The van der Waals surface area contributed by atoms with Crippen molar-refractivity contribution in [2.75, 3.05) is 6.61 Å². The molecular formula is C20H17N3O4. The van der Waals surface area contributed by atoms with Gasteiger partial charge in [0.05, 0.1) is 17.7 Å². The molecule has 0 unspecified atom stereocenters. The van der Waals surface area contributed by atoms with Gasteiger partial charge in [0.25, 0.3) is 11.6 Å². The van der Waals surface area contributed by atoms with E-state index in [0.717, 1.165) is 16.3 Å². The van der Waals surface area contributed by atoms with Crippen LogP contribution in [0.25, 0.3) is 10.8 Å². The first-order valence-electron chi connectivity index (χ1n) is 8.33. The number of rotatable bonds is 6. The Hall–Kier alpha value is -3.74. The molecule has 0 aliphatic carbocycles. The van der Waals surface area contributed by atoms with Crippen molar-refractivity contribution in [1.82, 2.24) is 5.43 Å². The molecule has 3 aromatic carbocycles. The molecule has 3 rings (SSSR count). The molecule has 0 aliphatic rings. The molecule has 0 spiro atoms. The average molecular weight is 363 g/mol. The highest BCUT2D eigenvalue weighted by Gasteiger charge is 2.18. The van der Waals surface area contributed by atoms with Crippen molar-refractivity contribution in [3.63, 3.8) is 0 Å². The topological polar surface area (TPSA) is 93.8 Å². The van der Waals surface area contributed by atoms with Crippen molar-refractivity contribution < 1.29 is 14.5 Å². The third-order valence-corrected chi connectivity index (χ3v) is 3.94.